The third-order valence-electron chi connectivity index (χ3n) is 6.32. The molecule has 2 aromatic heterocycles. The van der Waals surface area contributed by atoms with Crippen LogP contribution >= 0.6 is 22.9 Å². The molecule has 1 unspecified atom stereocenters. The molecule has 3 heterocycles. The average molecular weight is 549 g/mol. The first-order valence-electron chi connectivity index (χ1n) is 12.0. The molecule has 0 saturated carbocycles. The van der Waals surface area contributed by atoms with E-state index in [2.05, 4.69) is 4.99 Å². The second-order valence-electron chi connectivity index (χ2n) is 8.71. The topological polar surface area (TPSA) is 83.0 Å². The van der Waals surface area contributed by atoms with Gasteiger partial charge in [-0.15, -0.1) is 0 Å². The molecule has 2 aromatic carbocycles. The summed E-state index contributed by atoms with van der Waals surface area (Å²) in [5.74, 6) is 1.19. The van der Waals surface area contributed by atoms with Crippen LogP contribution < -0.4 is 19.6 Å². The number of esters is 1. The van der Waals surface area contributed by atoms with E-state index in [-0.39, 0.29) is 12.2 Å². The Hall–Kier alpha value is -3.88. The normalized spacial score (nSPS) is 15.3. The number of rotatable bonds is 6. The second kappa shape index (κ2) is 10.5. The second-order valence-corrected chi connectivity index (χ2v) is 10.2. The summed E-state index contributed by atoms with van der Waals surface area (Å²) in [5, 5.41) is 0.612. The van der Waals surface area contributed by atoms with Crippen molar-refractivity contribution in [2.45, 2.75) is 26.8 Å². The molecule has 194 valence electrons. The molecule has 0 amide bonds. The number of thiazole rings is 1. The summed E-state index contributed by atoms with van der Waals surface area (Å²) in [6.07, 6.45) is 1.69. The van der Waals surface area contributed by atoms with Crippen LogP contribution in [-0.4, -0.2) is 24.3 Å². The number of nitrogens with zero attached hydrogens (tertiary/aromatic N) is 2. The number of carbonyl (C=O) groups is 1. The molecule has 9 heteroatoms. The van der Waals surface area contributed by atoms with Crippen LogP contribution in [-0.2, 0) is 9.53 Å². The number of benzene rings is 2. The van der Waals surface area contributed by atoms with Crippen LogP contribution in [0.5, 0.6) is 5.75 Å². The highest BCUT2D eigenvalue weighted by molar-refractivity contribution is 7.07. The van der Waals surface area contributed by atoms with Crippen molar-refractivity contribution in [3.05, 3.63) is 107 Å². The number of hydrogen-bond acceptors (Lipinski definition) is 7. The first-order chi connectivity index (χ1) is 18.3. The van der Waals surface area contributed by atoms with Crippen LogP contribution in [0.2, 0.25) is 5.02 Å². The Morgan fingerprint density at radius 3 is 2.74 bits per heavy atom. The third-order valence-corrected chi connectivity index (χ3v) is 7.53. The maximum absolute atomic E-state index is 13.8. The lowest BCUT2D eigenvalue weighted by Gasteiger charge is -2.25. The minimum absolute atomic E-state index is 0.200. The Bertz CT molecular complexity index is 1760. The Morgan fingerprint density at radius 2 is 1.97 bits per heavy atom. The number of para-hydroxylation sites is 1. The molecule has 7 nitrogen and oxygen atoms in total. The summed E-state index contributed by atoms with van der Waals surface area (Å²) in [4.78, 5) is 32.0. The van der Waals surface area contributed by atoms with Gasteiger partial charge in [0.05, 0.1) is 29.5 Å². The van der Waals surface area contributed by atoms with Gasteiger partial charge in [-0.2, -0.15) is 0 Å². The van der Waals surface area contributed by atoms with Crippen molar-refractivity contribution in [1.82, 2.24) is 4.57 Å². The molecule has 1 aliphatic heterocycles. The van der Waals surface area contributed by atoms with Crippen molar-refractivity contribution < 1.29 is 18.7 Å². The zero-order valence-electron chi connectivity index (χ0n) is 21.3. The van der Waals surface area contributed by atoms with E-state index < -0.39 is 12.0 Å². The van der Waals surface area contributed by atoms with E-state index in [0.29, 0.717) is 48.5 Å². The van der Waals surface area contributed by atoms with Gasteiger partial charge in [0.1, 0.15) is 23.3 Å². The van der Waals surface area contributed by atoms with E-state index in [1.165, 1.54) is 15.9 Å². The summed E-state index contributed by atoms with van der Waals surface area (Å²) in [6, 6.07) is 15.8. The highest BCUT2D eigenvalue weighted by Crippen LogP contribution is 2.35. The molecular formula is C29H25ClN2O5S. The molecule has 5 rings (SSSR count). The number of carbonyl (C=O) groups excluding carboxylic acids is 1. The minimum atomic E-state index is -0.759. The molecule has 0 aliphatic carbocycles. The van der Waals surface area contributed by atoms with Crippen LogP contribution in [0.1, 0.15) is 36.8 Å². The number of methoxy groups -OCH3 is 1. The quantitative estimate of drug-likeness (QED) is 0.316. The largest absolute Gasteiger partial charge is 0.496 e. The van der Waals surface area contributed by atoms with Crippen LogP contribution in [0.3, 0.4) is 0 Å². The monoisotopic (exact) mass is 548 g/mol. The SMILES string of the molecule is CCOC(=O)C1=C(C)N=c2sc(=Cc3ccc(-c4cc(Cl)ccc4C)o3)c(=O)n2C1c1ccccc1OC. The Labute approximate surface area is 227 Å². The number of furan rings is 1. The predicted octanol–water partition coefficient (Wildman–Crippen LogP) is 5.03. The summed E-state index contributed by atoms with van der Waals surface area (Å²) in [5.41, 5.74) is 3.06. The molecule has 0 spiro atoms. The number of aryl methyl sites for hydroxylation is 1. The van der Waals surface area contributed by atoms with E-state index >= 15 is 0 Å². The Balaban J connectivity index is 1.67. The van der Waals surface area contributed by atoms with Crippen molar-refractivity contribution in [3.63, 3.8) is 0 Å². The van der Waals surface area contributed by atoms with Crippen molar-refractivity contribution >= 4 is 35.0 Å². The van der Waals surface area contributed by atoms with Crippen LogP contribution in [0.15, 0.2) is 80.1 Å². The fourth-order valence-electron chi connectivity index (χ4n) is 4.54. The third kappa shape index (κ3) is 4.61. The van der Waals surface area contributed by atoms with Gasteiger partial charge in [0.2, 0.25) is 0 Å². The number of aromatic nitrogens is 1. The van der Waals surface area contributed by atoms with Crippen molar-refractivity contribution in [3.8, 4) is 17.1 Å². The molecule has 0 fully saturated rings. The summed E-state index contributed by atoms with van der Waals surface area (Å²) < 4.78 is 19.0. The lowest BCUT2D eigenvalue weighted by molar-refractivity contribution is -0.139. The first-order valence-corrected chi connectivity index (χ1v) is 13.2. The molecular weight excluding hydrogens is 524 g/mol. The molecule has 4 aromatic rings. The lowest BCUT2D eigenvalue weighted by Crippen LogP contribution is -2.40. The number of ether oxygens (including phenoxy) is 2. The fraction of sp³-hybridized carbons (Fsp3) is 0.207. The number of halogens is 1. The zero-order chi connectivity index (χ0) is 27.0. The van der Waals surface area contributed by atoms with E-state index in [1.54, 1.807) is 39.2 Å². The van der Waals surface area contributed by atoms with Gasteiger partial charge in [0.25, 0.3) is 5.56 Å². The van der Waals surface area contributed by atoms with Crippen molar-refractivity contribution in [1.29, 1.82) is 0 Å². The Morgan fingerprint density at radius 1 is 1.18 bits per heavy atom. The first kappa shape index (κ1) is 25.8. The van der Waals surface area contributed by atoms with E-state index in [9.17, 15) is 9.59 Å². The summed E-state index contributed by atoms with van der Waals surface area (Å²) in [7, 11) is 1.55. The van der Waals surface area contributed by atoms with Crippen LogP contribution in [0.4, 0.5) is 0 Å². The van der Waals surface area contributed by atoms with E-state index in [0.717, 1.165) is 11.1 Å². The molecule has 0 saturated heterocycles. The van der Waals surface area contributed by atoms with Gasteiger partial charge in [-0.1, -0.05) is 47.2 Å². The average Bonchev–Trinajstić information content (AvgIpc) is 3.49. The minimum Gasteiger partial charge on any atom is -0.496 e. The Kier molecular flexibility index (Phi) is 7.10. The van der Waals surface area contributed by atoms with Gasteiger partial charge < -0.3 is 13.9 Å². The van der Waals surface area contributed by atoms with Gasteiger partial charge in [0.15, 0.2) is 4.80 Å². The van der Waals surface area contributed by atoms with E-state index in [4.69, 9.17) is 25.5 Å². The summed E-state index contributed by atoms with van der Waals surface area (Å²) in [6.45, 7) is 5.67. The fourth-order valence-corrected chi connectivity index (χ4v) is 5.74. The van der Waals surface area contributed by atoms with Gasteiger partial charge in [0, 0.05) is 22.2 Å². The lowest BCUT2D eigenvalue weighted by atomic mass is 9.95. The molecule has 1 atom stereocenters. The maximum Gasteiger partial charge on any atom is 0.338 e. The number of fused-ring (bicyclic) bond motifs is 1. The van der Waals surface area contributed by atoms with Gasteiger partial charge in [-0.25, -0.2) is 9.79 Å². The molecule has 1 aliphatic rings. The molecule has 0 N–H and O–H groups in total. The smallest absolute Gasteiger partial charge is 0.338 e. The van der Waals surface area contributed by atoms with E-state index in [1.807, 2.05) is 49.4 Å². The highest BCUT2D eigenvalue weighted by Gasteiger charge is 2.35. The summed E-state index contributed by atoms with van der Waals surface area (Å²) >= 11 is 7.42. The van der Waals surface area contributed by atoms with Crippen LogP contribution in [0, 0.1) is 6.92 Å². The van der Waals surface area contributed by atoms with Gasteiger partial charge in [-0.3, -0.25) is 9.36 Å². The molecule has 38 heavy (non-hydrogen) atoms. The molecule has 0 bridgehead atoms. The standard InChI is InChI=1S/C29H25ClN2O5S/c1-5-36-28(34)25-17(3)31-29-32(26(25)20-8-6-7-9-22(20)35-4)27(33)24(38-29)15-19-12-13-23(37-19)21-14-18(30)11-10-16(21)2/h6-15,26H,5H2,1-4H3. The van der Waals surface area contributed by atoms with Crippen LogP contribution in [0.25, 0.3) is 17.4 Å². The number of allylic oxidation sites excluding steroid dienone is 1. The van der Waals surface area contributed by atoms with Gasteiger partial charge >= 0.3 is 5.97 Å². The van der Waals surface area contributed by atoms with Crippen molar-refractivity contribution in [2.24, 2.45) is 4.99 Å². The predicted molar refractivity (Wildman–Crippen MR) is 147 cm³/mol. The van der Waals surface area contributed by atoms with Gasteiger partial charge in [-0.05, 0) is 56.7 Å². The highest BCUT2D eigenvalue weighted by atomic mass is 35.5. The zero-order valence-corrected chi connectivity index (χ0v) is 22.9. The molecule has 0 radical (unpaired) electrons. The van der Waals surface area contributed by atoms with Crippen molar-refractivity contribution in [2.75, 3.05) is 13.7 Å². The number of hydrogen-bond donors (Lipinski definition) is 0. The maximum atomic E-state index is 13.8.